The molecule has 0 atom stereocenters. The van der Waals surface area contributed by atoms with Crippen molar-refractivity contribution in [1.82, 2.24) is 10.2 Å². The van der Waals surface area contributed by atoms with Crippen LogP contribution in [-0.2, 0) is 9.53 Å². The number of benzene rings is 2. The smallest absolute Gasteiger partial charge is 0.320 e. The number of nitro benzene ring substituents is 1. The second-order valence-electron chi connectivity index (χ2n) is 11.0. The number of carbonyl (C=O) groups is 3. The van der Waals surface area contributed by atoms with Crippen LogP contribution in [0.5, 0.6) is 0 Å². The molecule has 11 heteroatoms. The summed E-state index contributed by atoms with van der Waals surface area (Å²) in [5, 5.41) is 17.4. The number of ether oxygens (including phenoxy) is 1. The molecule has 0 radical (unpaired) electrons. The number of rotatable bonds is 8. The van der Waals surface area contributed by atoms with Gasteiger partial charge in [0.2, 0.25) is 0 Å². The fourth-order valence-corrected chi connectivity index (χ4v) is 4.37. The van der Waals surface area contributed by atoms with Crippen LogP contribution in [0.1, 0.15) is 59.9 Å². The number of amides is 2. The maximum atomic E-state index is 13.3. The molecule has 1 aliphatic carbocycles. The molecule has 0 aromatic heterocycles. The van der Waals surface area contributed by atoms with Crippen molar-refractivity contribution in [3.8, 4) is 0 Å². The van der Waals surface area contributed by atoms with E-state index in [9.17, 15) is 24.5 Å². The summed E-state index contributed by atoms with van der Waals surface area (Å²) in [6.45, 7) is 9.84. The third-order valence-electron chi connectivity index (χ3n) is 6.59. The number of carbonyl (C=O) groups excluding carboxylic acids is 3. The molecule has 2 aromatic rings. The van der Waals surface area contributed by atoms with Gasteiger partial charge in [-0.25, -0.2) is 0 Å². The van der Waals surface area contributed by atoms with Crippen molar-refractivity contribution in [2.75, 3.05) is 42.9 Å². The van der Waals surface area contributed by atoms with Crippen molar-refractivity contribution >= 4 is 34.8 Å². The van der Waals surface area contributed by atoms with Crippen LogP contribution < -0.4 is 15.5 Å². The second-order valence-corrected chi connectivity index (χ2v) is 11.0. The predicted octanol–water partition coefficient (Wildman–Crippen LogP) is 3.51. The number of nitrogens with zero attached hydrogens (tertiary/aromatic N) is 3. The number of hydrogen-bond acceptors (Lipinski definition) is 8. The Balaban J connectivity index is 1.46. The molecule has 0 spiro atoms. The first-order valence-corrected chi connectivity index (χ1v) is 13.1. The minimum atomic E-state index is -0.630. The summed E-state index contributed by atoms with van der Waals surface area (Å²) in [6.07, 6.45) is 1.92. The number of nitrogens with one attached hydrogen (secondary N) is 2. The zero-order valence-electron chi connectivity index (χ0n) is 22.8. The summed E-state index contributed by atoms with van der Waals surface area (Å²) in [7, 11) is 0. The van der Waals surface area contributed by atoms with Crippen molar-refractivity contribution < 1.29 is 24.0 Å². The van der Waals surface area contributed by atoms with Gasteiger partial charge in [0.15, 0.2) is 0 Å². The number of nitro groups is 1. The largest absolute Gasteiger partial charge is 0.459 e. The summed E-state index contributed by atoms with van der Waals surface area (Å²) in [5.74, 6) is -1.13. The lowest BCUT2D eigenvalue weighted by Gasteiger charge is -2.36. The van der Waals surface area contributed by atoms with E-state index in [0.29, 0.717) is 43.1 Å². The van der Waals surface area contributed by atoms with Gasteiger partial charge in [-0.15, -0.1) is 0 Å². The van der Waals surface area contributed by atoms with Gasteiger partial charge in [-0.2, -0.15) is 0 Å². The topological polar surface area (TPSA) is 134 Å². The molecule has 0 bridgehead atoms. The van der Waals surface area contributed by atoms with Crippen LogP contribution in [0.2, 0.25) is 0 Å². The molecule has 2 fully saturated rings. The molecule has 4 rings (SSSR count). The van der Waals surface area contributed by atoms with Gasteiger partial charge in [-0.3, -0.25) is 29.4 Å². The van der Waals surface area contributed by atoms with Gasteiger partial charge in [0.05, 0.1) is 11.5 Å². The van der Waals surface area contributed by atoms with Crippen molar-refractivity contribution in [2.24, 2.45) is 0 Å². The lowest BCUT2D eigenvalue weighted by Crippen LogP contribution is -2.48. The zero-order valence-corrected chi connectivity index (χ0v) is 22.8. The molecule has 39 heavy (non-hydrogen) atoms. The molecule has 2 amide bonds. The zero-order chi connectivity index (χ0) is 28.3. The number of anilines is 2. The van der Waals surface area contributed by atoms with E-state index in [1.54, 1.807) is 31.2 Å². The van der Waals surface area contributed by atoms with E-state index in [1.165, 1.54) is 12.1 Å². The first-order chi connectivity index (χ1) is 18.4. The van der Waals surface area contributed by atoms with Gasteiger partial charge >= 0.3 is 5.97 Å². The Morgan fingerprint density at radius 3 is 2.33 bits per heavy atom. The van der Waals surface area contributed by atoms with Crippen molar-refractivity contribution in [3.05, 3.63) is 63.2 Å². The second kappa shape index (κ2) is 11.4. The van der Waals surface area contributed by atoms with Crippen LogP contribution in [0.4, 0.5) is 17.1 Å². The molecular formula is C28H35N5O6. The van der Waals surface area contributed by atoms with Crippen LogP contribution >= 0.6 is 0 Å². The molecule has 1 saturated carbocycles. The lowest BCUT2D eigenvalue weighted by atomic mass is 10.1. The third kappa shape index (κ3) is 7.53. The van der Waals surface area contributed by atoms with E-state index < -0.39 is 16.4 Å². The first-order valence-electron chi connectivity index (χ1n) is 13.1. The van der Waals surface area contributed by atoms with Gasteiger partial charge in [0.25, 0.3) is 17.5 Å². The maximum absolute atomic E-state index is 13.3. The Bertz CT molecular complexity index is 1280. The number of esters is 1. The van der Waals surface area contributed by atoms with Gasteiger partial charge in [0.1, 0.15) is 11.2 Å². The molecule has 0 unspecified atom stereocenters. The highest BCUT2D eigenvalue weighted by Gasteiger charge is 2.27. The quantitative estimate of drug-likeness (QED) is 0.297. The fraction of sp³-hybridized carbons (Fsp3) is 0.464. The third-order valence-corrected chi connectivity index (χ3v) is 6.59. The van der Waals surface area contributed by atoms with E-state index >= 15 is 0 Å². The Hall–Kier alpha value is -3.99. The summed E-state index contributed by atoms with van der Waals surface area (Å²) in [4.78, 5) is 53.1. The van der Waals surface area contributed by atoms with Crippen molar-refractivity contribution in [3.63, 3.8) is 0 Å². The normalized spacial score (nSPS) is 15.9. The Kier molecular flexibility index (Phi) is 8.19. The predicted molar refractivity (Wildman–Crippen MR) is 147 cm³/mol. The Morgan fingerprint density at radius 2 is 1.72 bits per heavy atom. The number of hydrogen-bond donors (Lipinski definition) is 2. The van der Waals surface area contributed by atoms with E-state index in [2.05, 4.69) is 10.6 Å². The van der Waals surface area contributed by atoms with Crippen molar-refractivity contribution in [1.29, 1.82) is 0 Å². The van der Waals surface area contributed by atoms with Crippen LogP contribution in [-0.4, -0.2) is 72.0 Å². The first kappa shape index (κ1) is 28.0. The number of piperazine rings is 1. The van der Waals surface area contributed by atoms with Gasteiger partial charge in [-0.1, -0.05) is 6.07 Å². The van der Waals surface area contributed by atoms with Gasteiger partial charge in [-0.05, 0) is 70.4 Å². The van der Waals surface area contributed by atoms with Crippen LogP contribution in [0, 0.1) is 17.0 Å². The average molecular weight is 538 g/mol. The molecular weight excluding hydrogens is 502 g/mol. The Morgan fingerprint density at radius 1 is 1.03 bits per heavy atom. The minimum Gasteiger partial charge on any atom is -0.459 e. The van der Waals surface area contributed by atoms with E-state index in [-0.39, 0.29) is 35.7 Å². The number of aryl methyl sites for hydroxylation is 1. The van der Waals surface area contributed by atoms with E-state index in [4.69, 9.17) is 4.74 Å². The van der Waals surface area contributed by atoms with Gasteiger partial charge < -0.3 is 20.3 Å². The van der Waals surface area contributed by atoms with E-state index in [1.807, 2.05) is 30.6 Å². The molecule has 2 N–H and O–H groups in total. The summed E-state index contributed by atoms with van der Waals surface area (Å²) >= 11 is 0. The maximum Gasteiger partial charge on any atom is 0.320 e. The minimum absolute atomic E-state index is 0.0686. The summed E-state index contributed by atoms with van der Waals surface area (Å²) in [5.41, 5.74) is 1.32. The summed E-state index contributed by atoms with van der Waals surface area (Å²) < 4.78 is 5.40. The molecule has 1 heterocycles. The highest BCUT2D eigenvalue weighted by Crippen LogP contribution is 2.28. The molecule has 208 valence electrons. The summed E-state index contributed by atoms with van der Waals surface area (Å²) in [6, 6.07) is 9.70. The molecule has 11 nitrogen and oxygen atoms in total. The van der Waals surface area contributed by atoms with Crippen LogP contribution in [0.15, 0.2) is 36.4 Å². The van der Waals surface area contributed by atoms with Crippen LogP contribution in [0.25, 0.3) is 0 Å². The monoisotopic (exact) mass is 537 g/mol. The average Bonchev–Trinajstić information content (AvgIpc) is 3.68. The van der Waals surface area contributed by atoms with Crippen LogP contribution in [0.3, 0.4) is 0 Å². The van der Waals surface area contributed by atoms with Gasteiger partial charge in [0, 0.05) is 55.2 Å². The Labute approximate surface area is 227 Å². The molecule has 2 aromatic carbocycles. The SMILES string of the molecule is Cc1ccc(C(=O)NC2CC2)cc1NC(=O)c1cc(N2CCN(CC(=O)OC(C)(C)C)CC2)ccc1[N+](=O)[O-]. The van der Waals surface area contributed by atoms with E-state index in [0.717, 1.165) is 18.4 Å². The standard InChI is InChI=1S/C28H35N5O6/c1-18-5-6-19(26(35)29-20-7-8-20)15-23(18)30-27(36)22-16-21(9-10-24(22)33(37)38)32-13-11-31(12-14-32)17-25(34)39-28(2,3)4/h5-6,9-10,15-16,20H,7-8,11-14,17H2,1-4H3,(H,29,35)(H,30,36). The highest BCUT2D eigenvalue weighted by molar-refractivity contribution is 6.08. The molecule has 2 aliphatic rings. The van der Waals surface area contributed by atoms with Crippen molar-refractivity contribution in [2.45, 2.75) is 52.2 Å². The molecule has 1 saturated heterocycles. The fourth-order valence-electron chi connectivity index (χ4n) is 4.37. The highest BCUT2D eigenvalue weighted by atomic mass is 16.6. The lowest BCUT2D eigenvalue weighted by molar-refractivity contribution is -0.385. The molecule has 1 aliphatic heterocycles.